The topological polar surface area (TPSA) is 51.2 Å². The Morgan fingerprint density at radius 3 is 2.47 bits per heavy atom. The van der Waals surface area contributed by atoms with Gasteiger partial charge in [-0.05, 0) is 30.7 Å². The number of halogens is 1. The van der Waals surface area contributed by atoms with E-state index in [1.165, 1.54) is 23.9 Å². The zero-order valence-electron chi connectivity index (χ0n) is 10.8. The summed E-state index contributed by atoms with van der Waals surface area (Å²) >= 11 is 1.34. The molecule has 0 spiro atoms. The lowest BCUT2D eigenvalue weighted by atomic mass is 10.2. The molecule has 0 aliphatic rings. The largest absolute Gasteiger partial charge is 0.299 e. The highest BCUT2D eigenvalue weighted by Crippen LogP contribution is 2.18. The highest BCUT2D eigenvalue weighted by Gasteiger charge is 2.09. The molecule has 3 nitrogen and oxygen atoms in total. The molecule has 1 aromatic rings. The fraction of sp³-hybridized carbons (Fsp3) is 0.462. The number of rotatable bonds is 8. The van der Waals surface area contributed by atoms with Crippen LogP contribution in [0.25, 0.3) is 0 Å². The molecule has 0 saturated heterocycles. The monoisotopic (exact) mass is 304 g/mol. The van der Waals surface area contributed by atoms with Crippen molar-refractivity contribution in [2.45, 2.75) is 24.7 Å². The Morgan fingerprint density at radius 2 is 1.89 bits per heavy atom. The van der Waals surface area contributed by atoms with Crippen LogP contribution < -0.4 is 0 Å². The molecule has 0 amide bonds. The van der Waals surface area contributed by atoms with Gasteiger partial charge in [-0.2, -0.15) is 0 Å². The van der Waals surface area contributed by atoms with E-state index in [1.54, 1.807) is 19.1 Å². The van der Waals surface area contributed by atoms with Crippen molar-refractivity contribution >= 4 is 27.4 Å². The van der Waals surface area contributed by atoms with Crippen LogP contribution in [-0.2, 0) is 14.6 Å². The predicted molar refractivity (Wildman–Crippen MR) is 75.7 cm³/mol. The first kappa shape index (κ1) is 16.2. The normalized spacial score (nSPS) is 11.5. The molecule has 0 heterocycles. The predicted octanol–water partition coefficient (Wildman–Crippen LogP) is 2.70. The van der Waals surface area contributed by atoms with Gasteiger partial charge in [-0.25, -0.2) is 12.8 Å². The molecule has 0 unspecified atom stereocenters. The van der Waals surface area contributed by atoms with Crippen molar-refractivity contribution in [1.82, 2.24) is 0 Å². The van der Waals surface area contributed by atoms with E-state index in [2.05, 4.69) is 0 Å². The number of hydrogen-bond acceptors (Lipinski definition) is 4. The number of carbonyl (C=O) groups excluding carboxylic acids is 1. The van der Waals surface area contributed by atoms with E-state index in [0.29, 0.717) is 6.42 Å². The Labute approximate surface area is 117 Å². The van der Waals surface area contributed by atoms with E-state index < -0.39 is 9.84 Å². The zero-order valence-corrected chi connectivity index (χ0v) is 12.4. The summed E-state index contributed by atoms with van der Waals surface area (Å²) in [5, 5.41) is 0. The average molecular weight is 304 g/mol. The molecule has 0 aliphatic carbocycles. The lowest BCUT2D eigenvalue weighted by Crippen LogP contribution is -2.11. The van der Waals surface area contributed by atoms with Crippen LogP contribution in [0.5, 0.6) is 0 Å². The average Bonchev–Trinajstić information content (AvgIpc) is 2.38. The number of sulfone groups is 1. The summed E-state index contributed by atoms with van der Waals surface area (Å²) < 4.78 is 35.1. The minimum absolute atomic E-state index is 0.0145. The minimum atomic E-state index is -2.99. The van der Waals surface area contributed by atoms with Gasteiger partial charge in [0.05, 0.1) is 11.5 Å². The van der Waals surface area contributed by atoms with Gasteiger partial charge >= 0.3 is 0 Å². The van der Waals surface area contributed by atoms with Crippen molar-refractivity contribution in [3.8, 4) is 0 Å². The number of carbonyl (C=O) groups is 1. The first-order valence-electron chi connectivity index (χ1n) is 6.03. The van der Waals surface area contributed by atoms with Crippen molar-refractivity contribution in [3.63, 3.8) is 0 Å². The molecule has 19 heavy (non-hydrogen) atoms. The second-order valence-corrected chi connectivity index (χ2v) is 7.64. The Hall–Kier alpha value is -0.880. The maximum Gasteiger partial charge on any atom is 0.150 e. The van der Waals surface area contributed by atoms with Gasteiger partial charge in [0.25, 0.3) is 0 Å². The first-order chi connectivity index (χ1) is 8.93. The SMILES string of the molecule is CCS(=O)(=O)CCCC(=O)CSc1ccc(F)cc1. The first-order valence-corrected chi connectivity index (χ1v) is 8.84. The number of benzene rings is 1. The maximum absolute atomic E-state index is 12.7. The van der Waals surface area contributed by atoms with Gasteiger partial charge in [0, 0.05) is 17.1 Å². The smallest absolute Gasteiger partial charge is 0.150 e. The number of Topliss-reactive ketones (excluding diaryl/α,β-unsaturated/α-hetero) is 1. The third-order valence-electron chi connectivity index (χ3n) is 2.56. The zero-order chi connectivity index (χ0) is 14.3. The molecule has 0 N–H and O–H groups in total. The van der Waals surface area contributed by atoms with E-state index in [-0.39, 0.29) is 35.3 Å². The summed E-state index contributed by atoms with van der Waals surface area (Å²) in [5.74, 6) is 0.181. The summed E-state index contributed by atoms with van der Waals surface area (Å²) in [7, 11) is -2.99. The number of ketones is 1. The van der Waals surface area contributed by atoms with E-state index in [4.69, 9.17) is 0 Å². The number of thioether (sulfide) groups is 1. The molecular weight excluding hydrogens is 287 g/mol. The van der Waals surface area contributed by atoms with Gasteiger partial charge in [-0.3, -0.25) is 4.79 Å². The van der Waals surface area contributed by atoms with Gasteiger partial charge < -0.3 is 0 Å². The third-order valence-corrected chi connectivity index (χ3v) is 5.43. The van der Waals surface area contributed by atoms with E-state index in [1.807, 2.05) is 0 Å². The highest BCUT2D eigenvalue weighted by atomic mass is 32.2. The van der Waals surface area contributed by atoms with Crippen molar-refractivity contribution in [2.24, 2.45) is 0 Å². The fourth-order valence-corrected chi connectivity index (χ4v) is 3.07. The van der Waals surface area contributed by atoms with Crippen molar-refractivity contribution in [1.29, 1.82) is 0 Å². The van der Waals surface area contributed by atoms with Crippen LogP contribution in [0, 0.1) is 5.82 Å². The van der Waals surface area contributed by atoms with Crippen LogP contribution in [0.3, 0.4) is 0 Å². The van der Waals surface area contributed by atoms with Crippen molar-refractivity contribution in [3.05, 3.63) is 30.1 Å². The molecule has 6 heteroatoms. The van der Waals surface area contributed by atoms with Crippen LogP contribution in [0.1, 0.15) is 19.8 Å². The Balaban J connectivity index is 2.27. The van der Waals surface area contributed by atoms with Crippen molar-refractivity contribution in [2.75, 3.05) is 17.3 Å². The lowest BCUT2D eigenvalue weighted by Gasteiger charge is -2.02. The molecule has 0 bridgehead atoms. The van der Waals surface area contributed by atoms with Crippen LogP contribution in [0.15, 0.2) is 29.2 Å². The number of hydrogen-bond donors (Lipinski definition) is 0. The summed E-state index contributed by atoms with van der Waals surface area (Å²) in [6.07, 6.45) is 0.645. The molecule has 0 atom stereocenters. The molecule has 0 fully saturated rings. The summed E-state index contributed by atoms with van der Waals surface area (Å²) in [6.45, 7) is 1.60. The van der Waals surface area contributed by atoms with E-state index in [9.17, 15) is 17.6 Å². The second-order valence-electron chi connectivity index (χ2n) is 4.12. The summed E-state index contributed by atoms with van der Waals surface area (Å²) in [4.78, 5) is 12.4. The molecule has 1 aromatic carbocycles. The lowest BCUT2D eigenvalue weighted by molar-refractivity contribution is -0.116. The van der Waals surface area contributed by atoms with Gasteiger partial charge in [0.2, 0.25) is 0 Å². The molecule has 0 saturated carbocycles. The maximum atomic E-state index is 12.7. The van der Waals surface area contributed by atoms with Crippen LogP contribution in [0.4, 0.5) is 4.39 Å². The van der Waals surface area contributed by atoms with E-state index in [0.717, 1.165) is 4.90 Å². The Kier molecular flexibility index (Phi) is 6.51. The van der Waals surface area contributed by atoms with Gasteiger partial charge in [0.1, 0.15) is 21.4 Å². The minimum Gasteiger partial charge on any atom is -0.299 e. The summed E-state index contributed by atoms with van der Waals surface area (Å²) in [6, 6.07) is 5.94. The van der Waals surface area contributed by atoms with Gasteiger partial charge in [-0.1, -0.05) is 6.92 Å². The quantitative estimate of drug-likeness (QED) is 0.693. The Bertz CT molecular complexity index is 509. The Morgan fingerprint density at radius 1 is 1.26 bits per heavy atom. The van der Waals surface area contributed by atoms with Crippen LogP contribution in [-0.4, -0.2) is 31.5 Å². The molecule has 0 aliphatic heterocycles. The molecular formula is C13H17FO3S2. The van der Waals surface area contributed by atoms with Crippen LogP contribution >= 0.6 is 11.8 Å². The molecule has 106 valence electrons. The standard InChI is InChI=1S/C13H17FO3S2/c1-2-19(16,17)9-3-4-12(15)10-18-13-7-5-11(14)6-8-13/h5-8H,2-4,9-10H2,1H3. The fourth-order valence-electron chi connectivity index (χ4n) is 1.40. The summed E-state index contributed by atoms with van der Waals surface area (Å²) in [5.41, 5.74) is 0. The van der Waals surface area contributed by atoms with Gasteiger partial charge in [-0.15, -0.1) is 11.8 Å². The van der Waals surface area contributed by atoms with Gasteiger partial charge in [0.15, 0.2) is 0 Å². The second kappa shape index (κ2) is 7.65. The highest BCUT2D eigenvalue weighted by molar-refractivity contribution is 8.00. The molecule has 0 radical (unpaired) electrons. The molecule has 0 aromatic heterocycles. The third kappa shape index (κ3) is 6.73. The van der Waals surface area contributed by atoms with E-state index >= 15 is 0 Å². The molecule has 1 rings (SSSR count). The van der Waals surface area contributed by atoms with Crippen molar-refractivity contribution < 1.29 is 17.6 Å². The van der Waals surface area contributed by atoms with Crippen LogP contribution in [0.2, 0.25) is 0 Å².